The second kappa shape index (κ2) is 6.73. The molecule has 0 saturated carbocycles. The van der Waals surface area contributed by atoms with Crippen molar-refractivity contribution in [2.45, 2.75) is 24.9 Å². The standard InChI is InChI=1S/C16H19NO2S2/c1-11-3-6-21-16(11)10-17-9-12-7-13-14(8-15(12)20-2)19-5-4-18-13/h3,6-8,17H,4-5,9-10H2,1-2H3. The number of thioether (sulfide) groups is 1. The van der Waals surface area contributed by atoms with Crippen molar-refractivity contribution in [2.75, 3.05) is 19.5 Å². The first-order valence-electron chi connectivity index (χ1n) is 6.98. The smallest absolute Gasteiger partial charge is 0.162 e. The van der Waals surface area contributed by atoms with E-state index >= 15 is 0 Å². The van der Waals surface area contributed by atoms with Crippen molar-refractivity contribution in [1.82, 2.24) is 5.32 Å². The molecule has 21 heavy (non-hydrogen) atoms. The lowest BCUT2D eigenvalue weighted by Crippen LogP contribution is -2.17. The second-order valence-electron chi connectivity index (χ2n) is 4.94. The highest BCUT2D eigenvalue weighted by atomic mass is 32.2. The average Bonchev–Trinajstić information content (AvgIpc) is 2.92. The summed E-state index contributed by atoms with van der Waals surface area (Å²) in [5, 5.41) is 5.67. The van der Waals surface area contributed by atoms with Gasteiger partial charge in [-0.3, -0.25) is 0 Å². The van der Waals surface area contributed by atoms with Crippen LogP contribution in [0.1, 0.15) is 16.0 Å². The van der Waals surface area contributed by atoms with Gasteiger partial charge in [-0.2, -0.15) is 0 Å². The molecule has 3 rings (SSSR count). The summed E-state index contributed by atoms with van der Waals surface area (Å²) in [5.74, 6) is 1.73. The van der Waals surface area contributed by atoms with Gasteiger partial charge in [-0.25, -0.2) is 0 Å². The first-order valence-corrected chi connectivity index (χ1v) is 9.08. The summed E-state index contributed by atoms with van der Waals surface area (Å²) in [6.07, 6.45) is 2.10. The average molecular weight is 321 g/mol. The van der Waals surface area contributed by atoms with Crippen molar-refractivity contribution in [3.63, 3.8) is 0 Å². The van der Waals surface area contributed by atoms with Gasteiger partial charge in [0, 0.05) is 22.9 Å². The van der Waals surface area contributed by atoms with Gasteiger partial charge in [0.15, 0.2) is 11.5 Å². The maximum Gasteiger partial charge on any atom is 0.162 e. The fourth-order valence-electron chi connectivity index (χ4n) is 2.34. The molecule has 1 aliphatic rings. The van der Waals surface area contributed by atoms with Gasteiger partial charge in [0.1, 0.15) is 13.2 Å². The summed E-state index contributed by atoms with van der Waals surface area (Å²) in [5.41, 5.74) is 2.63. The van der Waals surface area contributed by atoms with Gasteiger partial charge in [-0.05, 0) is 47.9 Å². The van der Waals surface area contributed by atoms with E-state index in [4.69, 9.17) is 9.47 Å². The van der Waals surface area contributed by atoms with Crippen LogP contribution in [0.5, 0.6) is 11.5 Å². The quantitative estimate of drug-likeness (QED) is 0.848. The van der Waals surface area contributed by atoms with Crippen molar-refractivity contribution < 1.29 is 9.47 Å². The summed E-state index contributed by atoms with van der Waals surface area (Å²) < 4.78 is 11.3. The molecule has 0 bridgehead atoms. The fraction of sp³-hybridized carbons (Fsp3) is 0.375. The van der Waals surface area contributed by atoms with E-state index in [0.29, 0.717) is 13.2 Å². The Morgan fingerprint density at radius 2 is 1.95 bits per heavy atom. The molecule has 0 aliphatic carbocycles. The van der Waals surface area contributed by atoms with Gasteiger partial charge in [0.25, 0.3) is 0 Å². The number of rotatable bonds is 5. The molecule has 112 valence electrons. The molecule has 3 nitrogen and oxygen atoms in total. The van der Waals surface area contributed by atoms with E-state index in [2.05, 4.69) is 42.1 Å². The molecule has 0 amide bonds. The molecule has 1 aromatic heterocycles. The van der Waals surface area contributed by atoms with Crippen molar-refractivity contribution in [1.29, 1.82) is 0 Å². The molecule has 2 aromatic rings. The third-order valence-electron chi connectivity index (χ3n) is 3.51. The molecule has 5 heteroatoms. The lowest BCUT2D eigenvalue weighted by molar-refractivity contribution is 0.171. The highest BCUT2D eigenvalue weighted by Gasteiger charge is 2.15. The summed E-state index contributed by atoms with van der Waals surface area (Å²) in [6, 6.07) is 6.36. The van der Waals surface area contributed by atoms with Crippen LogP contribution in [-0.4, -0.2) is 19.5 Å². The zero-order chi connectivity index (χ0) is 14.7. The monoisotopic (exact) mass is 321 g/mol. The molecule has 0 spiro atoms. The molecular weight excluding hydrogens is 302 g/mol. The van der Waals surface area contributed by atoms with Crippen LogP contribution in [0.4, 0.5) is 0 Å². The van der Waals surface area contributed by atoms with Gasteiger partial charge in [-0.15, -0.1) is 23.1 Å². The van der Waals surface area contributed by atoms with E-state index in [0.717, 1.165) is 24.6 Å². The summed E-state index contributed by atoms with van der Waals surface area (Å²) in [7, 11) is 0. The van der Waals surface area contributed by atoms with E-state index in [9.17, 15) is 0 Å². The third-order valence-corrected chi connectivity index (χ3v) is 5.36. The zero-order valence-electron chi connectivity index (χ0n) is 12.3. The van der Waals surface area contributed by atoms with Crippen LogP contribution in [0.3, 0.4) is 0 Å². The minimum absolute atomic E-state index is 0.632. The molecule has 0 saturated heterocycles. The number of fused-ring (bicyclic) bond motifs is 1. The molecule has 0 radical (unpaired) electrons. The second-order valence-corrected chi connectivity index (χ2v) is 6.79. The Bertz CT molecular complexity index is 625. The topological polar surface area (TPSA) is 30.5 Å². The third kappa shape index (κ3) is 3.36. The molecule has 1 aromatic carbocycles. The lowest BCUT2D eigenvalue weighted by atomic mass is 10.2. The summed E-state index contributed by atoms with van der Waals surface area (Å²) in [4.78, 5) is 2.65. The highest BCUT2D eigenvalue weighted by molar-refractivity contribution is 7.98. The van der Waals surface area contributed by atoms with Crippen LogP contribution in [0.2, 0.25) is 0 Å². The molecule has 1 aliphatic heterocycles. The Hall–Kier alpha value is -1.17. The molecule has 0 atom stereocenters. The van der Waals surface area contributed by atoms with Crippen LogP contribution in [-0.2, 0) is 13.1 Å². The number of aryl methyl sites for hydroxylation is 1. The van der Waals surface area contributed by atoms with Crippen LogP contribution >= 0.6 is 23.1 Å². The van der Waals surface area contributed by atoms with E-state index in [1.807, 2.05) is 0 Å². The first kappa shape index (κ1) is 14.8. The van der Waals surface area contributed by atoms with Gasteiger partial charge in [0.2, 0.25) is 0 Å². The van der Waals surface area contributed by atoms with Crippen molar-refractivity contribution in [3.05, 3.63) is 39.6 Å². The van der Waals surface area contributed by atoms with E-state index < -0.39 is 0 Å². The summed E-state index contributed by atoms with van der Waals surface area (Å²) in [6.45, 7) is 5.17. The van der Waals surface area contributed by atoms with Crippen molar-refractivity contribution >= 4 is 23.1 Å². The van der Waals surface area contributed by atoms with E-state index in [1.54, 1.807) is 23.1 Å². The number of ether oxygens (including phenoxy) is 2. The first-order chi connectivity index (χ1) is 10.3. The molecule has 1 N–H and O–H groups in total. The molecular formula is C16H19NO2S2. The van der Waals surface area contributed by atoms with E-state index in [1.165, 1.54) is 20.9 Å². The number of thiophene rings is 1. The molecule has 2 heterocycles. The predicted octanol–water partition coefficient (Wildman–Crippen LogP) is 3.84. The lowest BCUT2D eigenvalue weighted by Gasteiger charge is -2.21. The Labute approximate surface area is 133 Å². The maximum absolute atomic E-state index is 5.67. The molecule has 0 fully saturated rings. The fourth-order valence-corrected chi connectivity index (χ4v) is 3.83. The Balaban J connectivity index is 1.70. The van der Waals surface area contributed by atoms with E-state index in [-0.39, 0.29) is 0 Å². The largest absolute Gasteiger partial charge is 0.486 e. The number of hydrogen-bond donors (Lipinski definition) is 1. The molecule has 0 unspecified atom stereocenters. The number of hydrogen-bond acceptors (Lipinski definition) is 5. The SMILES string of the molecule is CSc1cc2c(cc1CNCc1sccc1C)OCCO2. The Morgan fingerprint density at radius 3 is 2.62 bits per heavy atom. The van der Waals surface area contributed by atoms with Crippen molar-refractivity contribution in [3.8, 4) is 11.5 Å². The van der Waals surface area contributed by atoms with Crippen LogP contribution in [0.15, 0.2) is 28.5 Å². The minimum atomic E-state index is 0.632. The predicted molar refractivity (Wildman–Crippen MR) is 88.8 cm³/mol. The van der Waals surface area contributed by atoms with Gasteiger partial charge < -0.3 is 14.8 Å². The van der Waals surface area contributed by atoms with Crippen LogP contribution in [0, 0.1) is 6.92 Å². The highest BCUT2D eigenvalue weighted by Crippen LogP contribution is 2.36. The van der Waals surface area contributed by atoms with Crippen LogP contribution in [0.25, 0.3) is 0 Å². The maximum atomic E-state index is 5.67. The Kier molecular flexibility index (Phi) is 4.73. The van der Waals surface area contributed by atoms with Gasteiger partial charge in [-0.1, -0.05) is 0 Å². The van der Waals surface area contributed by atoms with Crippen LogP contribution < -0.4 is 14.8 Å². The Morgan fingerprint density at radius 1 is 1.19 bits per heavy atom. The zero-order valence-corrected chi connectivity index (χ0v) is 13.9. The number of benzene rings is 1. The minimum Gasteiger partial charge on any atom is -0.486 e. The normalized spacial score (nSPS) is 13.4. The van der Waals surface area contributed by atoms with Gasteiger partial charge >= 0.3 is 0 Å². The van der Waals surface area contributed by atoms with Gasteiger partial charge in [0.05, 0.1) is 0 Å². The van der Waals surface area contributed by atoms with Crippen molar-refractivity contribution in [2.24, 2.45) is 0 Å². The summed E-state index contributed by atoms with van der Waals surface area (Å²) >= 11 is 3.55. The number of nitrogens with one attached hydrogen (secondary N) is 1.